The quantitative estimate of drug-likeness (QED) is 0.0598. The van der Waals surface area contributed by atoms with E-state index in [0.29, 0.717) is 12.1 Å². The Morgan fingerprint density at radius 2 is 0.453 bits per heavy atom. The summed E-state index contributed by atoms with van der Waals surface area (Å²) in [5.74, 6) is 5.70. The number of hydrogen-bond donors (Lipinski definition) is 2. The van der Waals surface area contributed by atoms with Gasteiger partial charge in [0.1, 0.15) is 0 Å². The maximum atomic E-state index is 7.51. The molecule has 0 amide bonds. The highest BCUT2D eigenvalue weighted by Gasteiger charge is 2.44. The standard InChI is InChI=1S/C62H124N2/c1-6-11-16-21-26-31-35-40-45-54-50-58(51-55(61(54)63)46-41-36-32-27-22-17-12-7-2)60(49-44-39-30-25-20-15-10-5)59-52-56(47-42-37-33-28-23-18-13-8-3)62(64)57(53-59)48-43-38-34-29-24-19-14-9-4/h54-62H,6-53,63-64H2,1-5H3. The molecule has 0 aromatic heterocycles. The molecule has 0 heterocycles. The molecule has 2 saturated carbocycles. The third-order valence-electron chi connectivity index (χ3n) is 17.7. The predicted molar refractivity (Wildman–Crippen MR) is 290 cm³/mol. The van der Waals surface area contributed by atoms with Crippen LogP contribution in [0.3, 0.4) is 0 Å². The van der Waals surface area contributed by atoms with Gasteiger partial charge in [-0.05, 0) is 99.2 Å². The van der Waals surface area contributed by atoms with E-state index in [1.165, 1.54) is 308 Å². The van der Waals surface area contributed by atoms with Gasteiger partial charge in [0.15, 0.2) is 0 Å². The number of nitrogens with two attached hydrogens (primary N) is 2. The molecule has 0 saturated heterocycles. The lowest BCUT2D eigenvalue weighted by Gasteiger charge is -2.49. The maximum absolute atomic E-state index is 7.51. The molecule has 0 bridgehead atoms. The van der Waals surface area contributed by atoms with Crippen LogP contribution in [-0.4, -0.2) is 12.1 Å². The summed E-state index contributed by atoms with van der Waals surface area (Å²) in [6.45, 7) is 11.7. The molecular weight excluding hydrogens is 773 g/mol. The van der Waals surface area contributed by atoms with E-state index in [2.05, 4.69) is 34.6 Å². The summed E-state index contributed by atoms with van der Waals surface area (Å²) in [7, 11) is 0. The first kappa shape index (κ1) is 60.0. The second kappa shape index (κ2) is 43.0. The molecule has 2 aliphatic carbocycles. The summed E-state index contributed by atoms with van der Waals surface area (Å²) in [5.41, 5.74) is 15.0. The van der Waals surface area contributed by atoms with E-state index in [1.807, 2.05) is 0 Å². The van der Waals surface area contributed by atoms with Crippen LogP contribution in [0.4, 0.5) is 0 Å². The van der Waals surface area contributed by atoms with Crippen molar-refractivity contribution in [3.05, 3.63) is 0 Å². The fourth-order valence-electron chi connectivity index (χ4n) is 13.4. The Hall–Kier alpha value is -0.0800. The smallest absolute Gasteiger partial charge is 0.00958 e. The molecule has 2 rings (SSSR count). The minimum atomic E-state index is 0.439. The third kappa shape index (κ3) is 29.1. The van der Waals surface area contributed by atoms with Crippen molar-refractivity contribution in [2.75, 3.05) is 0 Å². The van der Waals surface area contributed by atoms with Crippen molar-refractivity contribution in [1.29, 1.82) is 0 Å². The Morgan fingerprint density at radius 3 is 0.672 bits per heavy atom. The van der Waals surface area contributed by atoms with Gasteiger partial charge in [-0.2, -0.15) is 0 Å². The van der Waals surface area contributed by atoms with E-state index in [4.69, 9.17) is 11.5 Å². The van der Waals surface area contributed by atoms with Gasteiger partial charge < -0.3 is 11.5 Å². The highest BCUT2D eigenvalue weighted by atomic mass is 14.7. The zero-order chi connectivity index (χ0) is 46.1. The third-order valence-corrected chi connectivity index (χ3v) is 17.7. The van der Waals surface area contributed by atoms with Crippen molar-refractivity contribution in [3.63, 3.8) is 0 Å². The molecule has 4 unspecified atom stereocenters. The van der Waals surface area contributed by atoms with Crippen molar-refractivity contribution >= 4 is 0 Å². The fraction of sp³-hybridized carbons (Fsp3) is 1.00. The van der Waals surface area contributed by atoms with Gasteiger partial charge in [-0.1, -0.05) is 285 Å². The van der Waals surface area contributed by atoms with Crippen LogP contribution in [0, 0.1) is 41.4 Å². The Morgan fingerprint density at radius 1 is 0.266 bits per heavy atom. The normalized spacial score (nSPS) is 24.4. The zero-order valence-corrected chi connectivity index (χ0v) is 45.3. The minimum absolute atomic E-state index is 0.439. The van der Waals surface area contributed by atoms with Crippen molar-refractivity contribution < 1.29 is 0 Å². The van der Waals surface area contributed by atoms with E-state index in [-0.39, 0.29) is 0 Å². The Bertz CT molecular complexity index is 821. The second-order valence-electron chi connectivity index (χ2n) is 23.3. The van der Waals surface area contributed by atoms with Gasteiger partial charge in [0.25, 0.3) is 0 Å². The summed E-state index contributed by atoms with van der Waals surface area (Å²) in [6.07, 6.45) is 68.7. The van der Waals surface area contributed by atoms with Crippen LogP contribution in [0.5, 0.6) is 0 Å². The molecule has 0 aromatic rings. The van der Waals surface area contributed by atoms with Crippen LogP contribution in [0.15, 0.2) is 0 Å². The topological polar surface area (TPSA) is 52.0 Å². The van der Waals surface area contributed by atoms with Gasteiger partial charge in [0.2, 0.25) is 0 Å². The van der Waals surface area contributed by atoms with Gasteiger partial charge in [-0.3, -0.25) is 0 Å². The molecule has 64 heavy (non-hydrogen) atoms. The average Bonchev–Trinajstić information content (AvgIpc) is 3.30. The molecule has 0 radical (unpaired) electrons. The summed E-state index contributed by atoms with van der Waals surface area (Å²) >= 11 is 0. The van der Waals surface area contributed by atoms with E-state index in [9.17, 15) is 0 Å². The Balaban J connectivity index is 2.27. The molecule has 0 aliphatic heterocycles. The van der Waals surface area contributed by atoms with Gasteiger partial charge >= 0.3 is 0 Å². The maximum Gasteiger partial charge on any atom is 0.00958 e. The molecule has 4 atom stereocenters. The lowest BCUT2D eigenvalue weighted by atomic mass is 9.58. The average molecular weight is 898 g/mol. The van der Waals surface area contributed by atoms with Crippen molar-refractivity contribution in [2.24, 2.45) is 52.9 Å². The van der Waals surface area contributed by atoms with E-state index in [1.54, 1.807) is 0 Å². The molecule has 4 N–H and O–H groups in total. The summed E-state index contributed by atoms with van der Waals surface area (Å²) in [4.78, 5) is 0. The Labute approximate surface area is 406 Å². The van der Waals surface area contributed by atoms with E-state index < -0.39 is 0 Å². The van der Waals surface area contributed by atoms with Gasteiger partial charge in [-0.25, -0.2) is 0 Å². The Kier molecular flexibility index (Phi) is 40.3. The van der Waals surface area contributed by atoms with Crippen LogP contribution in [0.25, 0.3) is 0 Å². The molecule has 382 valence electrons. The first-order chi connectivity index (χ1) is 31.5. The molecule has 2 nitrogen and oxygen atoms in total. The SMILES string of the molecule is CCCCCCCCCCC1CC(C(CCCCCCCCC)C2CC(CCCCCCCCCC)C(N)C(CCCCCCCCCC)C2)CC(CCCCCCCCCC)C1N. The molecule has 2 heteroatoms. The van der Waals surface area contributed by atoms with Crippen LogP contribution >= 0.6 is 0 Å². The van der Waals surface area contributed by atoms with Gasteiger partial charge in [0, 0.05) is 12.1 Å². The zero-order valence-electron chi connectivity index (χ0n) is 45.3. The van der Waals surface area contributed by atoms with E-state index >= 15 is 0 Å². The molecular formula is C62H124N2. The number of rotatable bonds is 46. The summed E-state index contributed by atoms with van der Waals surface area (Å²) < 4.78 is 0. The van der Waals surface area contributed by atoms with Gasteiger partial charge in [-0.15, -0.1) is 0 Å². The molecule has 2 fully saturated rings. The van der Waals surface area contributed by atoms with Gasteiger partial charge in [0.05, 0.1) is 0 Å². The molecule has 2 aliphatic rings. The van der Waals surface area contributed by atoms with Crippen molar-refractivity contribution in [1.82, 2.24) is 0 Å². The number of hydrogen-bond acceptors (Lipinski definition) is 2. The minimum Gasteiger partial charge on any atom is -0.327 e. The highest BCUT2D eigenvalue weighted by Crippen LogP contribution is 2.50. The summed E-state index contributed by atoms with van der Waals surface area (Å²) in [5, 5.41) is 0. The number of unbranched alkanes of at least 4 members (excludes halogenated alkanes) is 34. The lowest BCUT2D eigenvalue weighted by molar-refractivity contribution is 0.0302. The fourth-order valence-corrected chi connectivity index (χ4v) is 13.4. The van der Waals surface area contributed by atoms with Crippen LogP contribution < -0.4 is 11.5 Å². The second-order valence-corrected chi connectivity index (χ2v) is 23.3. The monoisotopic (exact) mass is 897 g/mol. The predicted octanol–water partition coefficient (Wildman–Crippen LogP) is 20.8. The highest BCUT2D eigenvalue weighted by molar-refractivity contribution is 4.97. The lowest BCUT2D eigenvalue weighted by Crippen LogP contribution is -2.48. The molecule has 0 spiro atoms. The van der Waals surface area contributed by atoms with Crippen LogP contribution in [0.1, 0.15) is 343 Å². The largest absolute Gasteiger partial charge is 0.327 e. The molecule has 0 aromatic carbocycles. The van der Waals surface area contributed by atoms with Crippen molar-refractivity contribution in [3.8, 4) is 0 Å². The van der Waals surface area contributed by atoms with Crippen molar-refractivity contribution in [2.45, 2.75) is 355 Å². The van der Waals surface area contributed by atoms with Crippen LogP contribution in [0.2, 0.25) is 0 Å². The first-order valence-corrected chi connectivity index (χ1v) is 31.0. The van der Waals surface area contributed by atoms with E-state index in [0.717, 1.165) is 41.4 Å². The summed E-state index contributed by atoms with van der Waals surface area (Å²) in [6, 6.07) is 0.877. The van der Waals surface area contributed by atoms with Crippen LogP contribution in [-0.2, 0) is 0 Å². The first-order valence-electron chi connectivity index (χ1n) is 31.0.